The summed E-state index contributed by atoms with van der Waals surface area (Å²) >= 11 is 0. The number of nitrogens with zero attached hydrogens (tertiary/aromatic N) is 3. The van der Waals surface area contributed by atoms with Gasteiger partial charge < -0.3 is 9.40 Å². The van der Waals surface area contributed by atoms with Crippen LogP contribution in [0.4, 0.5) is 0 Å². The zero-order chi connectivity index (χ0) is 21.4. The van der Waals surface area contributed by atoms with Crippen LogP contribution in [0.3, 0.4) is 0 Å². The Kier molecular flexibility index (Phi) is 4.55. The quantitative estimate of drug-likeness (QED) is 0.470. The number of imide groups is 1. The molecule has 0 fully saturated rings. The lowest BCUT2D eigenvalue weighted by Crippen LogP contribution is -2.34. The van der Waals surface area contributed by atoms with Crippen molar-refractivity contribution >= 4 is 28.8 Å². The van der Waals surface area contributed by atoms with E-state index < -0.39 is 17.8 Å². The third-order valence-electron chi connectivity index (χ3n) is 5.18. The van der Waals surface area contributed by atoms with Gasteiger partial charge in [0.2, 0.25) is 0 Å². The summed E-state index contributed by atoms with van der Waals surface area (Å²) in [5.74, 6) is -1.33. The largest absolute Gasteiger partial charge is 0.352 e. The third kappa shape index (κ3) is 3.36. The number of hydrogen-bond donors (Lipinski definition) is 0. The predicted octanol–water partition coefficient (Wildman–Crippen LogP) is 3.38. The molecule has 3 aromatic carbocycles. The zero-order valence-electron chi connectivity index (χ0n) is 16.4. The minimum absolute atomic E-state index is 0.184. The second-order valence-electron chi connectivity index (χ2n) is 7.18. The van der Waals surface area contributed by atoms with Gasteiger partial charge in [-0.15, -0.1) is 0 Å². The minimum atomic E-state index is -0.730. The molecule has 1 aromatic heterocycles. The van der Waals surface area contributed by atoms with Crippen molar-refractivity contribution in [1.29, 1.82) is 0 Å². The highest BCUT2D eigenvalue weighted by Gasteiger charge is 2.38. The van der Waals surface area contributed by atoms with Gasteiger partial charge in [-0.3, -0.25) is 9.59 Å². The van der Waals surface area contributed by atoms with E-state index >= 15 is 0 Å². The molecule has 4 aromatic rings. The fourth-order valence-electron chi connectivity index (χ4n) is 3.73. The highest BCUT2D eigenvalue weighted by atomic mass is 16.7. The van der Waals surface area contributed by atoms with Gasteiger partial charge in [0.1, 0.15) is 12.4 Å². The highest BCUT2D eigenvalue weighted by molar-refractivity contribution is 6.20. The number of carbonyl (C=O) groups excluding carboxylic acids is 3. The number of para-hydroxylation sites is 2. The van der Waals surface area contributed by atoms with Crippen molar-refractivity contribution < 1.29 is 19.2 Å². The number of hydroxylamine groups is 2. The van der Waals surface area contributed by atoms with Gasteiger partial charge in [-0.2, -0.15) is 0 Å². The molecule has 1 aliphatic heterocycles. The van der Waals surface area contributed by atoms with Crippen LogP contribution < -0.4 is 0 Å². The molecule has 2 amide bonds. The average Bonchev–Trinajstić information content (AvgIpc) is 3.25. The second kappa shape index (κ2) is 7.53. The van der Waals surface area contributed by atoms with Crippen molar-refractivity contribution in [2.45, 2.75) is 13.0 Å². The molecule has 31 heavy (non-hydrogen) atoms. The molecule has 2 heterocycles. The molecule has 1 aliphatic rings. The molecule has 5 rings (SSSR count). The van der Waals surface area contributed by atoms with Crippen LogP contribution in [0.25, 0.3) is 11.0 Å². The first kappa shape index (κ1) is 18.7. The highest BCUT2D eigenvalue weighted by Crippen LogP contribution is 2.23. The van der Waals surface area contributed by atoms with Crippen LogP contribution in [0.1, 0.15) is 32.1 Å². The van der Waals surface area contributed by atoms with Gasteiger partial charge >= 0.3 is 5.97 Å². The monoisotopic (exact) mass is 411 g/mol. The fourth-order valence-corrected chi connectivity index (χ4v) is 3.73. The maximum absolute atomic E-state index is 12.7. The molecular weight excluding hydrogens is 394 g/mol. The van der Waals surface area contributed by atoms with E-state index in [0.29, 0.717) is 17.3 Å². The maximum atomic E-state index is 12.7. The first-order valence-electron chi connectivity index (χ1n) is 9.78. The van der Waals surface area contributed by atoms with E-state index in [0.717, 1.165) is 16.6 Å². The molecule has 0 saturated heterocycles. The van der Waals surface area contributed by atoms with Crippen molar-refractivity contribution in [2.75, 3.05) is 0 Å². The molecular formula is C24H17N3O4. The molecule has 7 nitrogen and oxygen atoms in total. The van der Waals surface area contributed by atoms with Gasteiger partial charge in [0.15, 0.2) is 0 Å². The standard InChI is InChI=1S/C24H17N3O4/c28-22(31-27-23(29)17-10-4-5-11-18(17)24(27)30)15-26-20-13-7-6-12-19(20)25-21(26)14-16-8-2-1-3-9-16/h1-13H,14-15H2. The molecule has 0 atom stereocenters. The summed E-state index contributed by atoms with van der Waals surface area (Å²) in [5, 5.41) is 0.531. The number of rotatable bonds is 5. The summed E-state index contributed by atoms with van der Waals surface area (Å²) < 4.78 is 1.75. The van der Waals surface area contributed by atoms with Gasteiger partial charge in [-0.25, -0.2) is 9.78 Å². The van der Waals surface area contributed by atoms with Crippen LogP contribution in [0.5, 0.6) is 0 Å². The number of hydrogen-bond acceptors (Lipinski definition) is 5. The number of amides is 2. The van der Waals surface area contributed by atoms with Crippen molar-refractivity contribution in [3.63, 3.8) is 0 Å². The van der Waals surface area contributed by atoms with Crippen LogP contribution in [-0.4, -0.2) is 32.4 Å². The number of benzene rings is 3. The van der Waals surface area contributed by atoms with E-state index in [9.17, 15) is 14.4 Å². The van der Waals surface area contributed by atoms with Crippen molar-refractivity contribution in [3.05, 3.63) is 101 Å². The molecule has 0 saturated carbocycles. The van der Waals surface area contributed by atoms with E-state index in [1.54, 1.807) is 16.7 Å². The molecule has 0 bridgehead atoms. The number of carbonyl (C=O) groups is 3. The van der Waals surface area contributed by atoms with Gasteiger partial charge in [0.05, 0.1) is 22.2 Å². The average molecular weight is 411 g/mol. The van der Waals surface area contributed by atoms with Crippen LogP contribution in [0.2, 0.25) is 0 Å². The number of imidazole rings is 1. The Balaban J connectivity index is 1.41. The Morgan fingerprint density at radius 1 is 0.806 bits per heavy atom. The van der Waals surface area contributed by atoms with E-state index in [4.69, 9.17) is 4.84 Å². The Bertz CT molecular complexity index is 1290. The van der Waals surface area contributed by atoms with Gasteiger partial charge in [0.25, 0.3) is 11.8 Å². The van der Waals surface area contributed by atoms with E-state index in [1.807, 2.05) is 54.6 Å². The minimum Gasteiger partial charge on any atom is -0.328 e. The topological polar surface area (TPSA) is 81.5 Å². The van der Waals surface area contributed by atoms with Gasteiger partial charge in [0, 0.05) is 6.42 Å². The molecule has 0 unspecified atom stereocenters. The van der Waals surface area contributed by atoms with Crippen molar-refractivity contribution in [2.24, 2.45) is 0 Å². The molecule has 0 aliphatic carbocycles. The Morgan fingerprint density at radius 3 is 2.13 bits per heavy atom. The third-order valence-corrected chi connectivity index (χ3v) is 5.18. The summed E-state index contributed by atoms with van der Waals surface area (Å²) in [6, 6.07) is 23.7. The van der Waals surface area contributed by atoms with E-state index in [2.05, 4.69) is 4.98 Å². The molecule has 0 radical (unpaired) electrons. The summed E-state index contributed by atoms with van der Waals surface area (Å²) in [6.07, 6.45) is 0.524. The Morgan fingerprint density at radius 2 is 1.42 bits per heavy atom. The Hall–Kier alpha value is -4.26. The lowest BCUT2D eigenvalue weighted by Gasteiger charge is -2.14. The molecule has 7 heteroatoms. The van der Waals surface area contributed by atoms with Gasteiger partial charge in [-0.05, 0) is 29.8 Å². The predicted molar refractivity (Wildman–Crippen MR) is 112 cm³/mol. The summed E-state index contributed by atoms with van der Waals surface area (Å²) in [5.41, 5.74) is 3.01. The van der Waals surface area contributed by atoms with Crippen LogP contribution >= 0.6 is 0 Å². The molecule has 0 spiro atoms. The smallest absolute Gasteiger partial charge is 0.328 e. The van der Waals surface area contributed by atoms with Gasteiger partial charge in [-0.1, -0.05) is 59.7 Å². The maximum Gasteiger partial charge on any atom is 0.352 e. The first-order valence-corrected chi connectivity index (χ1v) is 9.78. The van der Waals surface area contributed by atoms with Crippen molar-refractivity contribution in [3.8, 4) is 0 Å². The summed E-state index contributed by atoms with van der Waals surface area (Å²) in [7, 11) is 0. The summed E-state index contributed by atoms with van der Waals surface area (Å²) in [4.78, 5) is 47.5. The zero-order valence-corrected chi connectivity index (χ0v) is 16.4. The lowest BCUT2D eigenvalue weighted by molar-refractivity contribution is -0.169. The van der Waals surface area contributed by atoms with Crippen LogP contribution in [0, 0.1) is 0 Å². The summed E-state index contributed by atoms with van der Waals surface area (Å²) in [6.45, 7) is -0.184. The first-order chi connectivity index (χ1) is 15.1. The van der Waals surface area contributed by atoms with E-state index in [-0.39, 0.29) is 17.7 Å². The van der Waals surface area contributed by atoms with E-state index in [1.165, 1.54) is 12.1 Å². The second-order valence-corrected chi connectivity index (χ2v) is 7.18. The SMILES string of the molecule is O=C(Cn1c(Cc2ccccc2)nc2ccccc21)ON1C(=O)c2ccccc2C1=O. The normalized spacial score (nSPS) is 13.0. The molecule has 152 valence electrons. The number of fused-ring (bicyclic) bond motifs is 2. The van der Waals surface area contributed by atoms with Crippen LogP contribution in [-0.2, 0) is 22.6 Å². The van der Waals surface area contributed by atoms with Crippen LogP contribution in [0.15, 0.2) is 78.9 Å². The fraction of sp³-hybridized carbons (Fsp3) is 0.0833. The number of aromatic nitrogens is 2. The molecule has 0 N–H and O–H groups in total. The Labute approximate surface area is 177 Å². The van der Waals surface area contributed by atoms with Crippen molar-refractivity contribution in [1.82, 2.24) is 14.6 Å². The lowest BCUT2D eigenvalue weighted by atomic mass is 10.1.